The van der Waals surface area contributed by atoms with Crippen molar-refractivity contribution in [2.75, 3.05) is 13.1 Å². The van der Waals surface area contributed by atoms with Crippen molar-refractivity contribution in [1.82, 2.24) is 4.90 Å². The van der Waals surface area contributed by atoms with E-state index in [0.717, 1.165) is 25.6 Å². The molecule has 3 nitrogen and oxygen atoms in total. The number of hydrogen-bond acceptors (Lipinski definition) is 2. The summed E-state index contributed by atoms with van der Waals surface area (Å²) in [6.45, 7) is 2.00. The lowest BCUT2D eigenvalue weighted by Crippen LogP contribution is -2.36. The van der Waals surface area contributed by atoms with Crippen LogP contribution in [0.4, 0.5) is 0 Å². The fourth-order valence-electron chi connectivity index (χ4n) is 2.80. The van der Waals surface area contributed by atoms with Gasteiger partial charge in [0.1, 0.15) is 0 Å². The number of nitrogens with zero attached hydrogens (tertiary/aromatic N) is 1. The molecule has 14 heavy (non-hydrogen) atoms. The van der Waals surface area contributed by atoms with Gasteiger partial charge in [0.15, 0.2) is 0 Å². The molecular formula is C11H20N2O. The van der Waals surface area contributed by atoms with E-state index < -0.39 is 0 Å². The summed E-state index contributed by atoms with van der Waals surface area (Å²) < 4.78 is 0. The predicted molar refractivity (Wildman–Crippen MR) is 55.7 cm³/mol. The van der Waals surface area contributed by atoms with Gasteiger partial charge in [-0.1, -0.05) is 19.3 Å². The van der Waals surface area contributed by atoms with E-state index >= 15 is 0 Å². The van der Waals surface area contributed by atoms with Crippen LogP contribution in [0.1, 0.15) is 38.5 Å². The molecule has 0 aromatic carbocycles. The zero-order chi connectivity index (χ0) is 9.97. The van der Waals surface area contributed by atoms with Crippen molar-refractivity contribution in [2.45, 2.75) is 44.6 Å². The third-order valence-corrected chi connectivity index (χ3v) is 3.71. The van der Waals surface area contributed by atoms with E-state index in [9.17, 15) is 4.79 Å². The van der Waals surface area contributed by atoms with Gasteiger partial charge in [-0.05, 0) is 25.8 Å². The SMILES string of the molecule is NC(=O)C1CCN(C2CCCCC2)C1. The highest BCUT2D eigenvalue weighted by molar-refractivity contribution is 5.77. The molecule has 0 bridgehead atoms. The third kappa shape index (κ3) is 2.08. The van der Waals surface area contributed by atoms with E-state index in [1.807, 2.05) is 0 Å². The summed E-state index contributed by atoms with van der Waals surface area (Å²) in [5.41, 5.74) is 5.32. The highest BCUT2D eigenvalue weighted by atomic mass is 16.1. The van der Waals surface area contributed by atoms with Gasteiger partial charge in [-0.15, -0.1) is 0 Å². The molecule has 1 atom stereocenters. The van der Waals surface area contributed by atoms with Gasteiger partial charge in [0.05, 0.1) is 5.92 Å². The molecule has 2 N–H and O–H groups in total. The van der Waals surface area contributed by atoms with Crippen LogP contribution in [-0.4, -0.2) is 29.9 Å². The Morgan fingerprint density at radius 2 is 1.86 bits per heavy atom. The Kier molecular flexibility index (Phi) is 3.06. The first-order valence-corrected chi connectivity index (χ1v) is 5.81. The van der Waals surface area contributed by atoms with E-state index in [4.69, 9.17) is 5.73 Å². The second-order valence-corrected chi connectivity index (χ2v) is 4.67. The summed E-state index contributed by atoms with van der Waals surface area (Å²) in [5.74, 6) is 0.0141. The number of hydrogen-bond donors (Lipinski definition) is 1. The third-order valence-electron chi connectivity index (χ3n) is 3.71. The molecule has 80 valence electrons. The van der Waals surface area contributed by atoms with E-state index in [2.05, 4.69) is 4.90 Å². The minimum atomic E-state index is -0.108. The second kappa shape index (κ2) is 4.30. The topological polar surface area (TPSA) is 46.3 Å². The summed E-state index contributed by atoms with van der Waals surface area (Å²) in [7, 11) is 0. The standard InChI is InChI=1S/C11H20N2O/c12-11(14)9-6-7-13(8-9)10-4-2-1-3-5-10/h9-10H,1-8H2,(H2,12,14). The first-order chi connectivity index (χ1) is 6.77. The molecule has 0 radical (unpaired) electrons. The smallest absolute Gasteiger partial charge is 0.221 e. The van der Waals surface area contributed by atoms with Crippen molar-refractivity contribution in [2.24, 2.45) is 11.7 Å². The molecule has 1 saturated heterocycles. The van der Waals surface area contributed by atoms with Crippen LogP contribution < -0.4 is 5.73 Å². The lowest BCUT2D eigenvalue weighted by atomic mass is 9.94. The van der Waals surface area contributed by atoms with Crippen LogP contribution in [0.25, 0.3) is 0 Å². The first kappa shape index (κ1) is 9.97. The fraction of sp³-hybridized carbons (Fsp3) is 0.909. The molecule has 1 heterocycles. The first-order valence-electron chi connectivity index (χ1n) is 5.81. The molecule has 2 aliphatic rings. The summed E-state index contributed by atoms with van der Waals surface area (Å²) in [6, 6.07) is 0.744. The van der Waals surface area contributed by atoms with Gasteiger partial charge < -0.3 is 5.73 Å². The Bertz CT molecular complexity index is 211. The molecule has 1 aliphatic heterocycles. The number of rotatable bonds is 2. The van der Waals surface area contributed by atoms with Crippen molar-refractivity contribution in [3.05, 3.63) is 0 Å². The van der Waals surface area contributed by atoms with Gasteiger partial charge in [0.25, 0.3) is 0 Å². The van der Waals surface area contributed by atoms with Gasteiger partial charge in [0, 0.05) is 12.6 Å². The van der Waals surface area contributed by atoms with Crippen LogP contribution in [-0.2, 0) is 4.79 Å². The summed E-state index contributed by atoms with van der Waals surface area (Å²) in [4.78, 5) is 13.5. The zero-order valence-corrected chi connectivity index (χ0v) is 8.74. The highest BCUT2D eigenvalue weighted by Crippen LogP contribution is 2.27. The van der Waals surface area contributed by atoms with Gasteiger partial charge >= 0.3 is 0 Å². The number of carbonyl (C=O) groups excluding carboxylic acids is 1. The van der Waals surface area contributed by atoms with Gasteiger partial charge in [0.2, 0.25) is 5.91 Å². The normalized spacial score (nSPS) is 30.7. The summed E-state index contributed by atoms with van der Waals surface area (Å²) in [6.07, 6.45) is 7.75. The van der Waals surface area contributed by atoms with E-state index in [1.165, 1.54) is 32.1 Å². The van der Waals surface area contributed by atoms with E-state index in [0.29, 0.717) is 0 Å². The minimum Gasteiger partial charge on any atom is -0.369 e. The lowest BCUT2D eigenvalue weighted by Gasteiger charge is -2.30. The maximum atomic E-state index is 11.0. The second-order valence-electron chi connectivity index (χ2n) is 4.67. The van der Waals surface area contributed by atoms with Crippen molar-refractivity contribution in [3.8, 4) is 0 Å². The molecule has 2 rings (SSSR count). The maximum Gasteiger partial charge on any atom is 0.221 e. The fourth-order valence-corrected chi connectivity index (χ4v) is 2.80. The van der Waals surface area contributed by atoms with Crippen LogP contribution in [0.15, 0.2) is 0 Å². The molecule has 0 spiro atoms. The molecule has 3 heteroatoms. The monoisotopic (exact) mass is 196 g/mol. The van der Waals surface area contributed by atoms with E-state index in [1.54, 1.807) is 0 Å². The van der Waals surface area contributed by atoms with Crippen molar-refractivity contribution >= 4 is 5.91 Å². The number of amides is 1. The quantitative estimate of drug-likeness (QED) is 0.719. The zero-order valence-electron chi connectivity index (χ0n) is 8.74. The van der Waals surface area contributed by atoms with Gasteiger partial charge in [-0.3, -0.25) is 9.69 Å². The molecule has 1 saturated carbocycles. The molecule has 2 fully saturated rings. The maximum absolute atomic E-state index is 11.0. The van der Waals surface area contributed by atoms with Crippen LogP contribution in [0.2, 0.25) is 0 Å². The largest absolute Gasteiger partial charge is 0.369 e. The lowest BCUT2D eigenvalue weighted by molar-refractivity contribution is -0.121. The Hall–Kier alpha value is -0.570. The number of primary amides is 1. The van der Waals surface area contributed by atoms with Crippen molar-refractivity contribution in [3.63, 3.8) is 0 Å². The Morgan fingerprint density at radius 1 is 1.14 bits per heavy atom. The summed E-state index contributed by atoms with van der Waals surface area (Å²) >= 11 is 0. The predicted octanol–water partition coefficient (Wildman–Crippen LogP) is 1.13. The number of nitrogens with two attached hydrogens (primary N) is 1. The molecular weight excluding hydrogens is 176 g/mol. The average Bonchev–Trinajstić information content (AvgIpc) is 2.68. The molecule has 0 aromatic rings. The molecule has 1 unspecified atom stereocenters. The molecule has 1 amide bonds. The van der Waals surface area contributed by atoms with Crippen LogP contribution in [0, 0.1) is 5.92 Å². The number of carbonyl (C=O) groups is 1. The van der Waals surface area contributed by atoms with Crippen molar-refractivity contribution in [1.29, 1.82) is 0 Å². The van der Waals surface area contributed by atoms with Gasteiger partial charge in [-0.2, -0.15) is 0 Å². The van der Waals surface area contributed by atoms with E-state index in [-0.39, 0.29) is 11.8 Å². The van der Waals surface area contributed by atoms with Crippen LogP contribution in [0.3, 0.4) is 0 Å². The van der Waals surface area contributed by atoms with Crippen LogP contribution in [0.5, 0.6) is 0 Å². The number of likely N-dealkylation sites (tertiary alicyclic amines) is 1. The molecule has 1 aliphatic carbocycles. The Morgan fingerprint density at radius 3 is 2.43 bits per heavy atom. The molecule has 0 aromatic heterocycles. The Balaban J connectivity index is 1.85. The van der Waals surface area contributed by atoms with Crippen LogP contribution >= 0.6 is 0 Å². The Labute approximate surface area is 85.6 Å². The van der Waals surface area contributed by atoms with Crippen molar-refractivity contribution < 1.29 is 4.79 Å². The summed E-state index contributed by atoms with van der Waals surface area (Å²) in [5, 5.41) is 0. The van der Waals surface area contributed by atoms with Gasteiger partial charge in [-0.25, -0.2) is 0 Å². The minimum absolute atomic E-state index is 0.108. The average molecular weight is 196 g/mol. The highest BCUT2D eigenvalue weighted by Gasteiger charge is 2.31.